The molecule has 0 aromatic heterocycles. The summed E-state index contributed by atoms with van der Waals surface area (Å²) in [5, 5.41) is 5.44. The highest BCUT2D eigenvalue weighted by molar-refractivity contribution is 7.89. The lowest BCUT2D eigenvalue weighted by Crippen LogP contribution is -2.42. The van der Waals surface area contributed by atoms with E-state index in [4.69, 9.17) is 26.2 Å². The minimum Gasteiger partial charge on any atom is -0.489 e. The number of hydrogen-bond acceptors (Lipinski definition) is 5. The molecule has 0 amide bonds. The van der Waals surface area contributed by atoms with Crippen LogP contribution in [0.5, 0.6) is 5.75 Å². The van der Waals surface area contributed by atoms with Crippen LogP contribution in [0, 0.1) is 0 Å². The zero-order valence-electron chi connectivity index (χ0n) is 11.1. The molecule has 2 rings (SSSR count). The van der Waals surface area contributed by atoms with Crippen molar-refractivity contribution in [2.45, 2.75) is 11.0 Å². The average molecular weight is 321 g/mol. The van der Waals surface area contributed by atoms with E-state index in [9.17, 15) is 8.42 Å². The first-order valence-electron chi connectivity index (χ1n) is 6.11. The summed E-state index contributed by atoms with van der Waals surface area (Å²) in [6.45, 7) is 2.50. The highest BCUT2D eigenvalue weighted by atomic mass is 35.5. The predicted octanol–water partition coefficient (Wildman–Crippen LogP) is 0.697. The van der Waals surface area contributed by atoms with E-state index in [0.717, 1.165) is 13.1 Å². The number of halogens is 1. The molecule has 8 heteroatoms. The number of likely N-dealkylation sites (N-methyl/N-ethyl adjacent to an activating group) is 1. The number of primary sulfonamides is 1. The van der Waals surface area contributed by atoms with Crippen molar-refractivity contribution in [1.82, 2.24) is 4.90 Å². The number of hydrogen-bond donors (Lipinski definition) is 1. The van der Waals surface area contributed by atoms with Gasteiger partial charge in [-0.15, -0.1) is 0 Å². The summed E-state index contributed by atoms with van der Waals surface area (Å²) in [6.07, 6.45) is -0.0993. The standard InChI is InChI=1S/C12H17ClN2O4S/c1-15-4-5-18-10(7-15)8-19-11-3-2-9(13)6-12(11)20(14,16)17/h2-3,6,10H,4-5,7-8H2,1H3,(H2,14,16,17). The van der Waals surface area contributed by atoms with Gasteiger partial charge in [0.2, 0.25) is 10.0 Å². The van der Waals surface area contributed by atoms with Crippen LogP contribution in [-0.4, -0.2) is 52.8 Å². The summed E-state index contributed by atoms with van der Waals surface area (Å²) in [4.78, 5) is 2.01. The quantitative estimate of drug-likeness (QED) is 0.883. The van der Waals surface area contributed by atoms with E-state index in [0.29, 0.717) is 6.61 Å². The third-order valence-corrected chi connectivity index (χ3v) is 4.15. The Hall–Kier alpha value is -0.860. The molecular weight excluding hydrogens is 304 g/mol. The number of nitrogens with zero attached hydrogens (tertiary/aromatic N) is 1. The van der Waals surface area contributed by atoms with Gasteiger partial charge in [-0.3, -0.25) is 0 Å². The molecule has 1 unspecified atom stereocenters. The number of rotatable bonds is 4. The summed E-state index contributed by atoms with van der Waals surface area (Å²) in [6, 6.07) is 4.33. The molecule has 0 radical (unpaired) electrons. The summed E-state index contributed by atoms with van der Waals surface area (Å²) in [7, 11) is -1.89. The maximum Gasteiger partial charge on any atom is 0.241 e. The molecule has 1 fully saturated rings. The van der Waals surface area contributed by atoms with Gasteiger partial charge in [0.05, 0.1) is 6.61 Å². The lowest BCUT2D eigenvalue weighted by molar-refractivity contribution is -0.0407. The molecule has 1 saturated heterocycles. The third kappa shape index (κ3) is 4.07. The van der Waals surface area contributed by atoms with E-state index >= 15 is 0 Å². The van der Waals surface area contributed by atoms with Gasteiger partial charge in [-0.05, 0) is 25.2 Å². The van der Waals surface area contributed by atoms with E-state index in [2.05, 4.69) is 4.90 Å². The molecule has 0 saturated carbocycles. The molecule has 2 N–H and O–H groups in total. The van der Waals surface area contributed by atoms with Crippen LogP contribution < -0.4 is 9.88 Å². The molecule has 112 valence electrons. The minimum atomic E-state index is -3.88. The van der Waals surface area contributed by atoms with Crippen molar-refractivity contribution in [3.05, 3.63) is 23.2 Å². The van der Waals surface area contributed by atoms with Gasteiger partial charge in [0.25, 0.3) is 0 Å². The first-order valence-corrected chi connectivity index (χ1v) is 8.04. The van der Waals surface area contributed by atoms with Crippen LogP contribution in [0.3, 0.4) is 0 Å². The number of sulfonamides is 1. The van der Waals surface area contributed by atoms with Gasteiger partial charge >= 0.3 is 0 Å². The van der Waals surface area contributed by atoms with Crippen LogP contribution in [0.2, 0.25) is 5.02 Å². The van der Waals surface area contributed by atoms with Gasteiger partial charge in [-0.25, -0.2) is 13.6 Å². The molecule has 1 aromatic rings. The monoisotopic (exact) mass is 320 g/mol. The van der Waals surface area contributed by atoms with Crippen molar-refractivity contribution in [3.63, 3.8) is 0 Å². The van der Waals surface area contributed by atoms with Gasteiger partial charge in [0.1, 0.15) is 23.4 Å². The van der Waals surface area contributed by atoms with E-state index in [1.54, 1.807) is 6.07 Å². The normalized spacial score (nSPS) is 20.9. The zero-order chi connectivity index (χ0) is 14.8. The summed E-state index contributed by atoms with van der Waals surface area (Å²) in [5.41, 5.74) is 0. The lowest BCUT2D eigenvalue weighted by atomic mass is 10.3. The molecule has 0 bridgehead atoms. The number of benzene rings is 1. The van der Waals surface area contributed by atoms with Gasteiger partial charge < -0.3 is 14.4 Å². The predicted molar refractivity (Wildman–Crippen MR) is 75.6 cm³/mol. The molecule has 20 heavy (non-hydrogen) atoms. The second kappa shape index (κ2) is 6.28. The largest absolute Gasteiger partial charge is 0.489 e. The van der Waals surface area contributed by atoms with Crippen LogP contribution in [0.1, 0.15) is 0 Å². The average Bonchev–Trinajstić information content (AvgIpc) is 2.36. The SMILES string of the molecule is CN1CCOC(COc2ccc(Cl)cc2S(N)(=O)=O)C1. The smallest absolute Gasteiger partial charge is 0.241 e. The number of morpholine rings is 1. The van der Waals surface area contributed by atoms with Crippen molar-refractivity contribution in [1.29, 1.82) is 0 Å². The number of nitrogens with two attached hydrogens (primary N) is 1. The summed E-state index contributed by atoms with van der Waals surface area (Å²) in [5.74, 6) is 0.189. The van der Waals surface area contributed by atoms with Crippen LogP contribution in [0.4, 0.5) is 0 Å². The molecule has 1 aliphatic rings. The molecule has 0 spiro atoms. The first-order chi connectivity index (χ1) is 9.36. The number of ether oxygens (including phenoxy) is 2. The topological polar surface area (TPSA) is 81.9 Å². The molecule has 1 aliphatic heterocycles. The zero-order valence-corrected chi connectivity index (χ0v) is 12.7. The Morgan fingerprint density at radius 1 is 1.55 bits per heavy atom. The van der Waals surface area contributed by atoms with Crippen molar-refractivity contribution >= 4 is 21.6 Å². The fourth-order valence-corrected chi connectivity index (χ4v) is 2.91. The van der Waals surface area contributed by atoms with Gasteiger partial charge in [0.15, 0.2) is 0 Å². The second-order valence-corrected chi connectivity index (χ2v) is 6.67. The molecule has 1 heterocycles. The van der Waals surface area contributed by atoms with Crippen molar-refractivity contribution in [2.24, 2.45) is 5.14 Å². The van der Waals surface area contributed by atoms with Crippen LogP contribution in [-0.2, 0) is 14.8 Å². The minimum absolute atomic E-state index is 0.0993. The maximum atomic E-state index is 11.5. The Bertz CT molecular complexity index is 579. The van der Waals surface area contributed by atoms with E-state index in [-0.39, 0.29) is 28.4 Å². The highest BCUT2D eigenvalue weighted by Crippen LogP contribution is 2.26. The van der Waals surface area contributed by atoms with E-state index in [1.807, 2.05) is 7.05 Å². The van der Waals surface area contributed by atoms with E-state index < -0.39 is 10.0 Å². The van der Waals surface area contributed by atoms with Crippen LogP contribution >= 0.6 is 11.6 Å². The molecular formula is C12H17ClN2O4S. The maximum absolute atomic E-state index is 11.5. The molecule has 1 atom stereocenters. The fourth-order valence-electron chi connectivity index (χ4n) is 1.97. The van der Waals surface area contributed by atoms with Crippen molar-refractivity contribution in [2.75, 3.05) is 33.4 Å². The first kappa shape index (κ1) is 15.5. The Morgan fingerprint density at radius 3 is 2.95 bits per heavy atom. The van der Waals surface area contributed by atoms with Gasteiger partial charge in [-0.2, -0.15) is 0 Å². The van der Waals surface area contributed by atoms with Crippen molar-refractivity contribution < 1.29 is 17.9 Å². The Balaban J connectivity index is 2.09. The van der Waals surface area contributed by atoms with Crippen LogP contribution in [0.15, 0.2) is 23.1 Å². The Morgan fingerprint density at radius 2 is 2.30 bits per heavy atom. The summed E-state index contributed by atoms with van der Waals surface area (Å²) < 4.78 is 34.1. The Kier molecular flexibility index (Phi) is 4.87. The molecule has 0 aliphatic carbocycles. The van der Waals surface area contributed by atoms with Crippen LogP contribution in [0.25, 0.3) is 0 Å². The lowest BCUT2D eigenvalue weighted by Gasteiger charge is -2.30. The third-order valence-electron chi connectivity index (χ3n) is 2.98. The Labute approximate surface area is 123 Å². The fraction of sp³-hybridized carbons (Fsp3) is 0.500. The van der Waals surface area contributed by atoms with Crippen molar-refractivity contribution in [3.8, 4) is 5.75 Å². The molecule has 1 aromatic carbocycles. The summed E-state index contributed by atoms with van der Waals surface area (Å²) >= 11 is 5.78. The second-order valence-electron chi connectivity index (χ2n) is 4.70. The van der Waals surface area contributed by atoms with Gasteiger partial charge in [0, 0.05) is 18.1 Å². The van der Waals surface area contributed by atoms with Gasteiger partial charge in [-0.1, -0.05) is 11.6 Å². The van der Waals surface area contributed by atoms with E-state index in [1.165, 1.54) is 12.1 Å². The molecule has 6 nitrogen and oxygen atoms in total. The highest BCUT2D eigenvalue weighted by Gasteiger charge is 2.21.